The van der Waals surface area contributed by atoms with Crippen LogP contribution in [0, 0.1) is 0 Å². The molecule has 0 amide bonds. The lowest BCUT2D eigenvalue weighted by molar-refractivity contribution is 0.319. The number of anilines is 1. The Labute approximate surface area is 155 Å². The molecule has 0 aliphatic heterocycles. The summed E-state index contributed by atoms with van der Waals surface area (Å²) < 4.78 is 1.86. The average Bonchev–Trinajstić information content (AvgIpc) is 2.99. The number of imidazole rings is 1. The Morgan fingerprint density at radius 2 is 1.69 bits per heavy atom. The molecule has 3 N–H and O–H groups in total. The van der Waals surface area contributed by atoms with E-state index in [0.29, 0.717) is 27.9 Å². The van der Waals surface area contributed by atoms with Crippen molar-refractivity contribution >= 4 is 28.8 Å². The van der Waals surface area contributed by atoms with Crippen molar-refractivity contribution in [2.45, 2.75) is 0 Å². The van der Waals surface area contributed by atoms with Crippen LogP contribution in [-0.4, -0.2) is 20.3 Å². The first-order valence-electron chi connectivity index (χ1n) is 7.99. The quantitative estimate of drug-likeness (QED) is 0.321. The van der Waals surface area contributed by atoms with Gasteiger partial charge in [-0.2, -0.15) is 0 Å². The summed E-state index contributed by atoms with van der Waals surface area (Å²) in [7, 11) is 0. The predicted molar refractivity (Wildman–Crippen MR) is 104 cm³/mol. The third-order valence-corrected chi connectivity index (χ3v) is 4.52. The van der Waals surface area contributed by atoms with E-state index >= 15 is 0 Å². The van der Waals surface area contributed by atoms with Crippen LogP contribution in [-0.2, 0) is 0 Å². The summed E-state index contributed by atoms with van der Waals surface area (Å²) in [6, 6.07) is 20.6. The number of fused-ring (bicyclic) bond motifs is 1. The fourth-order valence-corrected chi connectivity index (χ4v) is 3.23. The third-order valence-electron chi connectivity index (χ3n) is 4.20. The van der Waals surface area contributed by atoms with E-state index in [1.54, 1.807) is 0 Å². The first-order valence-corrected chi connectivity index (χ1v) is 8.37. The molecule has 0 saturated heterocycles. The Morgan fingerprint density at radius 3 is 2.42 bits per heavy atom. The van der Waals surface area contributed by atoms with E-state index < -0.39 is 0 Å². The second-order valence-electron chi connectivity index (χ2n) is 5.79. The van der Waals surface area contributed by atoms with E-state index in [4.69, 9.17) is 17.3 Å². The van der Waals surface area contributed by atoms with E-state index in [2.05, 4.69) is 10.1 Å². The number of oxime groups is 1. The molecule has 0 unspecified atom stereocenters. The molecule has 6 heteroatoms. The van der Waals surface area contributed by atoms with Crippen molar-refractivity contribution in [3.05, 3.63) is 89.1 Å². The highest BCUT2D eigenvalue weighted by molar-refractivity contribution is 6.33. The minimum absolute atomic E-state index is 0.387. The van der Waals surface area contributed by atoms with Gasteiger partial charge in [0.2, 0.25) is 0 Å². The minimum atomic E-state index is 0.387. The number of pyridine rings is 1. The zero-order chi connectivity index (χ0) is 18.1. The molecule has 0 spiro atoms. The van der Waals surface area contributed by atoms with Crippen LogP contribution in [0.1, 0.15) is 11.1 Å². The topological polar surface area (TPSA) is 75.9 Å². The van der Waals surface area contributed by atoms with E-state index in [-0.39, 0.29) is 0 Å². The molecule has 0 saturated carbocycles. The fourth-order valence-electron chi connectivity index (χ4n) is 3.00. The molecule has 128 valence electrons. The molecule has 0 bridgehead atoms. The molecular formula is C20H15ClN4O. The molecule has 0 aliphatic rings. The van der Waals surface area contributed by atoms with Crippen LogP contribution in [0.4, 0.5) is 5.82 Å². The number of nitrogens with zero attached hydrogens (tertiary/aromatic N) is 3. The standard InChI is InChI=1S/C20H15ClN4O/c21-16-9-5-4-8-15(16)19-20(22)23-17-11-10-14(12-25(17)19)18(24-26)13-6-2-1-3-7-13/h1-12,26H,22H2. The molecule has 26 heavy (non-hydrogen) atoms. The van der Waals surface area contributed by atoms with Crippen molar-refractivity contribution < 1.29 is 5.21 Å². The third kappa shape index (κ3) is 2.68. The van der Waals surface area contributed by atoms with E-state index in [9.17, 15) is 5.21 Å². The van der Waals surface area contributed by atoms with Crippen LogP contribution in [0.2, 0.25) is 5.02 Å². The number of hydrogen-bond donors (Lipinski definition) is 2. The van der Waals surface area contributed by atoms with Gasteiger partial charge in [-0.15, -0.1) is 0 Å². The summed E-state index contributed by atoms with van der Waals surface area (Å²) in [5.74, 6) is 0.387. The van der Waals surface area contributed by atoms with Gasteiger partial charge >= 0.3 is 0 Å². The van der Waals surface area contributed by atoms with Gasteiger partial charge in [-0.25, -0.2) is 4.98 Å². The Hall–Kier alpha value is -3.31. The Kier molecular flexibility index (Phi) is 4.07. The number of nitrogen functional groups attached to an aromatic ring is 1. The van der Waals surface area contributed by atoms with Crippen molar-refractivity contribution in [2.75, 3.05) is 5.73 Å². The van der Waals surface area contributed by atoms with Crippen molar-refractivity contribution in [1.29, 1.82) is 0 Å². The second-order valence-corrected chi connectivity index (χ2v) is 6.19. The van der Waals surface area contributed by atoms with Gasteiger partial charge in [0.05, 0.1) is 10.7 Å². The maximum absolute atomic E-state index is 9.56. The van der Waals surface area contributed by atoms with Crippen molar-refractivity contribution in [3.63, 3.8) is 0 Å². The Balaban J connectivity index is 1.93. The van der Waals surface area contributed by atoms with Gasteiger partial charge in [-0.3, -0.25) is 4.40 Å². The molecule has 0 radical (unpaired) electrons. The van der Waals surface area contributed by atoms with Crippen LogP contribution >= 0.6 is 11.6 Å². The zero-order valence-corrected chi connectivity index (χ0v) is 14.4. The number of halogens is 1. The molecule has 2 heterocycles. The van der Waals surface area contributed by atoms with Crippen LogP contribution in [0.15, 0.2) is 78.1 Å². The summed E-state index contributed by atoms with van der Waals surface area (Å²) in [5, 5.41) is 13.6. The number of benzene rings is 2. The van der Waals surface area contributed by atoms with Gasteiger partial charge in [0.1, 0.15) is 11.4 Å². The monoisotopic (exact) mass is 362 g/mol. The van der Waals surface area contributed by atoms with Crippen LogP contribution in [0.25, 0.3) is 16.9 Å². The van der Waals surface area contributed by atoms with Gasteiger partial charge in [-0.05, 0) is 18.2 Å². The molecule has 2 aromatic carbocycles. The predicted octanol–water partition coefficient (Wildman–Crippen LogP) is 4.46. The number of rotatable bonds is 3. The molecular weight excluding hydrogens is 348 g/mol. The fraction of sp³-hybridized carbons (Fsp3) is 0. The van der Waals surface area contributed by atoms with Crippen molar-refractivity contribution in [2.24, 2.45) is 5.16 Å². The molecule has 0 aliphatic carbocycles. The summed E-state index contributed by atoms with van der Waals surface area (Å²) in [6.45, 7) is 0. The smallest absolute Gasteiger partial charge is 0.150 e. The van der Waals surface area contributed by atoms with Gasteiger partial charge in [0.15, 0.2) is 5.82 Å². The summed E-state index contributed by atoms with van der Waals surface area (Å²) in [5.41, 5.74) is 10.3. The number of nitrogens with two attached hydrogens (primary N) is 1. The lowest BCUT2D eigenvalue weighted by Crippen LogP contribution is -2.05. The summed E-state index contributed by atoms with van der Waals surface area (Å²) in [4.78, 5) is 4.41. The Morgan fingerprint density at radius 1 is 0.962 bits per heavy atom. The average molecular weight is 363 g/mol. The number of hydrogen-bond acceptors (Lipinski definition) is 4. The first-order chi connectivity index (χ1) is 12.7. The highest BCUT2D eigenvalue weighted by atomic mass is 35.5. The van der Waals surface area contributed by atoms with Crippen molar-refractivity contribution in [1.82, 2.24) is 9.38 Å². The lowest BCUT2D eigenvalue weighted by Gasteiger charge is -2.09. The van der Waals surface area contributed by atoms with Gasteiger partial charge in [0.25, 0.3) is 0 Å². The molecule has 0 fully saturated rings. The van der Waals surface area contributed by atoms with Crippen LogP contribution < -0.4 is 5.73 Å². The Bertz CT molecular complexity index is 1120. The van der Waals surface area contributed by atoms with Crippen LogP contribution in [0.3, 0.4) is 0 Å². The molecule has 5 nitrogen and oxygen atoms in total. The minimum Gasteiger partial charge on any atom is -0.410 e. The lowest BCUT2D eigenvalue weighted by atomic mass is 10.0. The SMILES string of the molecule is Nc1nc2ccc(C(=NO)c3ccccc3)cn2c1-c1ccccc1Cl. The highest BCUT2D eigenvalue weighted by Crippen LogP contribution is 2.32. The highest BCUT2D eigenvalue weighted by Gasteiger charge is 2.16. The first kappa shape index (κ1) is 16.2. The zero-order valence-electron chi connectivity index (χ0n) is 13.7. The second kappa shape index (κ2) is 6.54. The maximum Gasteiger partial charge on any atom is 0.150 e. The maximum atomic E-state index is 9.56. The largest absolute Gasteiger partial charge is 0.410 e. The van der Waals surface area contributed by atoms with Gasteiger partial charge < -0.3 is 10.9 Å². The van der Waals surface area contributed by atoms with Gasteiger partial charge in [-0.1, -0.05) is 65.3 Å². The van der Waals surface area contributed by atoms with Crippen molar-refractivity contribution in [3.8, 4) is 11.3 Å². The van der Waals surface area contributed by atoms with E-state index in [1.807, 2.05) is 77.3 Å². The molecule has 4 aromatic rings. The normalized spacial score (nSPS) is 11.8. The summed E-state index contributed by atoms with van der Waals surface area (Å²) >= 11 is 6.35. The summed E-state index contributed by atoms with van der Waals surface area (Å²) in [6.07, 6.45) is 1.85. The number of aromatic nitrogens is 2. The van der Waals surface area contributed by atoms with Gasteiger partial charge in [0, 0.05) is 22.9 Å². The molecule has 0 atom stereocenters. The molecule has 4 rings (SSSR count). The molecule has 2 aromatic heterocycles. The van der Waals surface area contributed by atoms with E-state index in [1.165, 1.54) is 0 Å². The van der Waals surface area contributed by atoms with E-state index in [0.717, 1.165) is 16.7 Å². The van der Waals surface area contributed by atoms with Crippen LogP contribution in [0.5, 0.6) is 0 Å².